The summed E-state index contributed by atoms with van der Waals surface area (Å²) in [6.45, 7) is 3.69. The van der Waals surface area contributed by atoms with E-state index in [1.807, 2.05) is 48.5 Å². The number of nitrogens with zero attached hydrogens (tertiary/aromatic N) is 1. The summed E-state index contributed by atoms with van der Waals surface area (Å²) >= 11 is 0. The van der Waals surface area contributed by atoms with E-state index >= 15 is 0 Å². The van der Waals surface area contributed by atoms with Gasteiger partial charge in [0.25, 0.3) is 5.56 Å². The number of carbonyl (C=O) groups is 1. The van der Waals surface area contributed by atoms with Crippen LogP contribution in [0, 0.1) is 0 Å². The summed E-state index contributed by atoms with van der Waals surface area (Å²) in [5.74, 6) is -0.839. The van der Waals surface area contributed by atoms with Crippen molar-refractivity contribution in [1.82, 2.24) is 9.55 Å². The molecule has 1 atom stereocenters. The van der Waals surface area contributed by atoms with Crippen LogP contribution in [0.25, 0.3) is 5.69 Å². The fourth-order valence-electron chi connectivity index (χ4n) is 3.83. The quantitative estimate of drug-likeness (QED) is 0.654. The maximum absolute atomic E-state index is 13.0. The predicted octanol–water partition coefficient (Wildman–Crippen LogP) is 2.92. The molecule has 7 nitrogen and oxygen atoms in total. The molecular formula is C23H21N3O4. The van der Waals surface area contributed by atoms with Crippen LogP contribution < -0.4 is 16.6 Å². The Kier molecular flexibility index (Phi) is 5.10. The lowest BCUT2D eigenvalue weighted by atomic mass is 9.82. The van der Waals surface area contributed by atoms with E-state index in [2.05, 4.69) is 10.3 Å². The molecule has 0 fully saturated rings. The van der Waals surface area contributed by atoms with Crippen LogP contribution >= 0.6 is 0 Å². The lowest BCUT2D eigenvalue weighted by Gasteiger charge is -2.30. The maximum Gasteiger partial charge on any atom is 0.336 e. The van der Waals surface area contributed by atoms with Crippen molar-refractivity contribution >= 4 is 11.8 Å². The molecule has 0 spiro atoms. The Hall–Kier alpha value is -3.87. The highest BCUT2D eigenvalue weighted by Crippen LogP contribution is 2.40. The number of H-pyrrole nitrogens is 1. The van der Waals surface area contributed by atoms with E-state index in [0.717, 1.165) is 5.56 Å². The largest absolute Gasteiger partial charge is 0.463 e. The summed E-state index contributed by atoms with van der Waals surface area (Å²) in [5, 5.41) is 3.12. The molecule has 152 valence electrons. The normalized spacial score (nSPS) is 15.3. The first kappa shape index (κ1) is 19.4. The lowest BCUT2D eigenvalue weighted by Crippen LogP contribution is -2.38. The van der Waals surface area contributed by atoms with E-state index in [-0.39, 0.29) is 6.61 Å². The average Bonchev–Trinajstić information content (AvgIpc) is 2.74. The molecule has 2 N–H and O–H groups in total. The van der Waals surface area contributed by atoms with E-state index in [9.17, 15) is 14.4 Å². The number of carbonyl (C=O) groups excluding carboxylic acids is 1. The van der Waals surface area contributed by atoms with E-state index in [0.29, 0.717) is 28.3 Å². The van der Waals surface area contributed by atoms with Crippen molar-refractivity contribution in [3.63, 3.8) is 0 Å². The molecule has 2 aromatic carbocycles. The minimum Gasteiger partial charge on any atom is -0.463 e. The number of benzene rings is 2. The van der Waals surface area contributed by atoms with E-state index in [1.165, 1.54) is 4.57 Å². The standard InChI is InChI=1S/C23H21N3O4/c1-3-30-22(28)17-14(2)24-20-19(18(17)15-10-6-4-7-11-15)21(27)25-23(29)26(20)16-12-8-5-9-13-16/h4-13,18,24H,3H2,1-2H3,(H,25,27,29). The molecule has 0 bridgehead atoms. The number of fused-ring (bicyclic) bond motifs is 1. The minimum atomic E-state index is -0.680. The third kappa shape index (κ3) is 3.24. The van der Waals surface area contributed by atoms with Gasteiger partial charge in [-0.15, -0.1) is 0 Å². The van der Waals surface area contributed by atoms with Crippen LogP contribution in [-0.4, -0.2) is 22.1 Å². The molecule has 4 rings (SSSR count). The van der Waals surface area contributed by atoms with Crippen LogP contribution in [0.5, 0.6) is 0 Å². The van der Waals surface area contributed by atoms with Crippen molar-refractivity contribution in [3.8, 4) is 5.69 Å². The van der Waals surface area contributed by atoms with Crippen LogP contribution in [0.15, 0.2) is 81.5 Å². The first-order valence-corrected chi connectivity index (χ1v) is 9.67. The topological polar surface area (TPSA) is 93.2 Å². The highest BCUT2D eigenvalue weighted by atomic mass is 16.5. The summed E-state index contributed by atoms with van der Waals surface area (Å²) in [5.41, 5.74) is 1.42. The fourth-order valence-corrected chi connectivity index (χ4v) is 3.83. The van der Waals surface area contributed by atoms with Gasteiger partial charge in [-0.3, -0.25) is 9.78 Å². The Bertz CT molecular complexity index is 1240. The van der Waals surface area contributed by atoms with Crippen molar-refractivity contribution < 1.29 is 9.53 Å². The molecule has 0 radical (unpaired) electrons. The predicted molar refractivity (Wildman–Crippen MR) is 114 cm³/mol. The molecule has 0 saturated heterocycles. The second-order valence-corrected chi connectivity index (χ2v) is 6.92. The fraction of sp³-hybridized carbons (Fsp3) is 0.174. The number of allylic oxidation sites excluding steroid dienone is 1. The first-order chi connectivity index (χ1) is 14.5. The van der Waals surface area contributed by atoms with Gasteiger partial charge in [-0.05, 0) is 31.5 Å². The molecule has 2 heterocycles. The summed E-state index contributed by atoms with van der Waals surface area (Å²) in [6, 6.07) is 18.3. The van der Waals surface area contributed by atoms with Gasteiger partial charge in [0.1, 0.15) is 5.82 Å². The molecule has 0 aliphatic carbocycles. The van der Waals surface area contributed by atoms with Gasteiger partial charge in [0, 0.05) is 5.70 Å². The second kappa shape index (κ2) is 7.87. The lowest BCUT2D eigenvalue weighted by molar-refractivity contribution is -0.138. The molecule has 0 amide bonds. The van der Waals surface area contributed by atoms with Crippen LogP contribution in [-0.2, 0) is 9.53 Å². The number of aromatic amines is 1. The van der Waals surface area contributed by atoms with E-state index < -0.39 is 23.1 Å². The number of rotatable bonds is 4. The number of para-hydroxylation sites is 1. The molecule has 7 heteroatoms. The molecular weight excluding hydrogens is 382 g/mol. The van der Waals surface area contributed by atoms with Crippen molar-refractivity contribution in [2.75, 3.05) is 11.9 Å². The van der Waals surface area contributed by atoms with Crippen molar-refractivity contribution in [3.05, 3.63) is 104 Å². The summed E-state index contributed by atoms with van der Waals surface area (Å²) in [6.07, 6.45) is 0. The highest BCUT2D eigenvalue weighted by Gasteiger charge is 2.37. The van der Waals surface area contributed by atoms with Gasteiger partial charge in [0.05, 0.1) is 29.3 Å². The Balaban J connectivity index is 2.05. The van der Waals surface area contributed by atoms with Crippen LogP contribution in [0.2, 0.25) is 0 Å². The maximum atomic E-state index is 13.0. The Morgan fingerprint density at radius 3 is 2.30 bits per heavy atom. The van der Waals surface area contributed by atoms with Gasteiger partial charge in [-0.1, -0.05) is 48.5 Å². The van der Waals surface area contributed by atoms with Crippen molar-refractivity contribution in [2.45, 2.75) is 19.8 Å². The summed E-state index contributed by atoms with van der Waals surface area (Å²) < 4.78 is 6.69. The van der Waals surface area contributed by atoms with E-state index in [1.54, 1.807) is 26.0 Å². The Morgan fingerprint density at radius 2 is 1.67 bits per heavy atom. The monoisotopic (exact) mass is 403 g/mol. The van der Waals surface area contributed by atoms with Gasteiger partial charge in [-0.2, -0.15) is 0 Å². The van der Waals surface area contributed by atoms with Crippen LogP contribution in [0.3, 0.4) is 0 Å². The number of esters is 1. The zero-order chi connectivity index (χ0) is 21.3. The molecule has 30 heavy (non-hydrogen) atoms. The SMILES string of the molecule is CCOC(=O)C1=C(C)Nc2c(c(=O)[nH]c(=O)n2-c2ccccc2)C1c1ccccc1. The molecule has 1 aromatic heterocycles. The number of anilines is 1. The van der Waals surface area contributed by atoms with Gasteiger partial charge in [-0.25, -0.2) is 14.2 Å². The van der Waals surface area contributed by atoms with Gasteiger partial charge in [0.2, 0.25) is 0 Å². The number of ether oxygens (including phenoxy) is 1. The molecule has 0 saturated carbocycles. The third-order valence-electron chi connectivity index (χ3n) is 5.08. The van der Waals surface area contributed by atoms with Gasteiger partial charge >= 0.3 is 11.7 Å². The third-order valence-corrected chi connectivity index (χ3v) is 5.08. The summed E-state index contributed by atoms with van der Waals surface area (Å²) in [7, 11) is 0. The smallest absolute Gasteiger partial charge is 0.336 e. The van der Waals surface area contributed by atoms with Crippen LogP contribution in [0.1, 0.15) is 30.9 Å². The number of aromatic nitrogens is 2. The first-order valence-electron chi connectivity index (χ1n) is 9.67. The summed E-state index contributed by atoms with van der Waals surface area (Å²) in [4.78, 5) is 41.0. The molecule has 1 unspecified atom stereocenters. The zero-order valence-electron chi connectivity index (χ0n) is 16.6. The van der Waals surface area contributed by atoms with Gasteiger partial charge in [0.15, 0.2) is 0 Å². The number of nitrogens with one attached hydrogen (secondary N) is 2. The van der Waals surface area contributed by atoms with Crippen molar-refractivity contribution in [1.29, 1.82) is 0 Å². The number of hydrogen-bond acceptors (Lipinski definition) is 5. The second-order valence-electron chi connectivity index (χ2n) is 6.92. The van der Waals surface area contributed by atoms with Crippen LogP contribution in [0.4, 0.5) is 5.82 Å². The highest BCUT2D eigenvalue weighted by molar-refractivity contribution is 5.94. The molecule has 1 aliphatic heterocycles. The number of hydrogen-bond donors (Lipinski definition) is 2. The molecule has 3 aromatic rings. The van der Waals surface area contributed by atoms with Crippen molar-refractivity contribution in [2.24, 2.45) is 0 Å². The molecule has 1 aliphatic rings. The minimum absolute atomic E-state index is 0.212. The zero-order valence-corrected chi connectivity index (χ0v) is 16.6. The van der Waals surface area contributed by atoms with E-state index in [4.69, 9.17) is 4.74 Å². The Labute approximate surface area is 172 Å². The average molecular weight is 403 g/mol. The Morgan fingerprint density at radius 1 is 1.03 bits per heavy atom. The van der Waals surface area contributed by atoms with Gasteiger partial charge < -0.3 is 10.1 Å².